The summed E-state index contributed by atoms with van der Waals surface area (Å²) in [4.78, 5) is 0. The fourth-order valence-corrected chi connectivity index (χ4v) is 6.06. The third-order valence-electron chi connectivity index (χ3n) is 8.07. The van der Waals surface area contributed by atoms with Crippen molar-refractivity contribution in [2.24, 2.45) is 0 Å². The molecular weight excluding hydrogens is 528 g/mol. The summed E-state index contributed by atoms with van der Waals surface area (Å²) < 4.78 is 33.3. The molecule has 224 valence electrons. The molecule has 0 radical (unpaired) electrons. The van der Waals surface area contributed by atoms with Crippen LogP contribution in [0.4, 0.5) is 0 Å². The minimum atomic E-state index is -2.14. The Bertz CT molecular complexity index is 1130. The van der Waals surface area contributed by atoms with Gasteiger partial charge in [0.25, 0.3) is 0 Å². The third-order valence-corrected chi connectivity index (χ3v) is 12.5. The van der Waals surface area contributed by atoms with E-state index in [0.29, 0.717) is 26.4 Å². The lowest BCUT2D eigenvalue weighted by Gasteiger charge is -2.49. The van der Waals surface area contributed by atoms with E-state index in [2.05, 4.69) is 77.2 Å². The summed E-state index contributed by atoms with van der Waals surface area (Å²) in [6.07, 6.45) is -1.45. The van der Waals surface area contributed by atoms with Gasteiger partial charge in [-0.15, -0.1) is 0 Å². The Balaban J connectivity index is 0.00000462. The van der Waals surface area contributed by atoms with Crippen LogP contribution < -0.4 is 0 Å². The molecule has 0 bridgehead atoms. The van der Waals surface area contributed by atoms with Crippen LogP contribution in [0.15, 0.2) is 91.0 Å². The van der Waals surface area contributed by atoms with Crippen LogP contribution in [0.3, 0.4) is 0 Å². The van der Waals surface area contributed by atoms with Gasteiger partial charge < -0.3 is 23.4 Å². The first kappa shape index (κ1) is 33.2. The molecule has 4 rings (SSSR count). The van der Waals surface area contributed by atoms with E-state index < -0.39 is 8.32 Å². The van der Waals surface area contributed by atoms with Crippen molar-refractivity contribution in [2.45, 2.75) is 104 Å². The van der Waals surface area contributed by atoms with Crippen LogP contribution in [-0.2, 0) is 43.2 Å². The van der Waals surface area contributed by atoms with Gasteiger partial charge in [0, 0.05) is 0 Å². The first-order valence-electron chi connectivity index (χ1n) is 14.4. The molecule has 3 aromatic rings. The quantitative estimate of drug-likeness (QED) is 0.203. The minimum Gasteiger partial charge on any atom is -0.409 e. The maximum absolute atomic E-state index is 7.03. The summed E-state index contributed by atoms with van der Waals surface area (Å²) in [5, 5.41) is 0.0483. The van der Waals surface area contributed by atoms with Crippen molar-refractivity contribution in [1.82, 2.24) is 0 Å². The van der Waals surface area contributed by atoms with Gasteiger partial charge in [-0.05, 0) is 41.7 Å². The van der Waals surface area contributed by atoms with E-state index in [4.69, 9.17) is 23.4 Å². The molecule has 1 aliphatic rings. The molecule has 0 aromatic heterocycles. The highest BCUT2D eigenvalue weighted by atomic mass is 28.4. The van der Waals surface area contributed by atoms with Crippen molar-refractivity contribution in [2.75, 3.05) is 6.61 Å². The third kappa shape index (κ3) is 9.33. The lowest BCUT2D eigenvalue weighted by atomic mass is 9.95. The molecule has 3 aromatic carbocycles. The van der Waals surface area contributed by atoms with Crippen LogP contribution in [0.2, 0.25) is 18.1 Å². The smallest absolute Gasteiger partial charge is 0.192 e. The number of hydrogen-bond acceptors (Lipinski definition) is 5. The van der Waals surface area contributed by atoms with Gasteiger partial charge in [-0.25, -0.2) is 0 Å². The Kier molecular flexibility index (Phi) is 12.3. The fourth-order valence-electron chi connectivity index (χ4n) is 4.70. The van der Waals surface area contributed by atoms with Crippen molar-refractivity contribution in [1.29, 1.82) is 0 Å². The largest absolute Gasteiger partial charge is 0.409 e. The normalized spacial score (nSPS) is 23.1. The van der Waals surface area contributed by atoms with Crippen molar-refractivity contribution in [3.8, 4) is 0 Å². The Morgan fingerprint density at radius 1 is 0.659 bits per heavy atom. The molecule has 0 spiro atoms. The van der Waals surface area contributed by atoms with Crippen LogP contribution in [0.1, 0.15) is 51.8 Å². The molecule has 3 unspecified atom stereocenters. The Morgan fingerprint density at radius 2 is 1.10 bits per heavy atom. The number of rotatable bonds is 12. The summed E-state index contributed by atoms with van der Waals surface area (Å²) in [5.74, 6) is 0. The first-order valence-corrected chi connectivity index (χ1v) is 17.3. The van der Waals surface area contributed by atoms with E-state index in [1.165, 1.54) is 0 Å². The standard InChI is InChI=1S/C34H46O5Si.CH4/c1-26-31(39-40(5,6)34(2,3)4)33(37-24-29-20-14-9-15-21-29)32(36-23-28-18-12-8-13-19-28)30(38-26)25-35-22-27-16-10-7-11-17-27;/h7-21,26,30-33H,22-25H2,1-6H3;1H4/t26-,30?,31?,32+,33?;/m0./s1. The van der Waals surface area contributed by atoms with E-state index >= 15 is 0 Å². The van der Waals surface area contributed by atoms with Gasteiger partial charge in [-0.2, -0.15) is 0 Å². The zero-order chi connectivity index (χ0) is 28.6. The Morgan fingerprint density at radius 3 is 1.56 bits per heavy atom. The predicted octanol–water partition coefficient (Wildman–Crippen LogP) is 8.19. The minimum absolute atomic E-state index is 0. The summed E-state index contributed by atoms with van der Waals surface area (Å²) in [7, 11) is -2.14. The Labute approximate surface area is 249 Å². The SMILES string of the molecule is C.C[C@@H]1OC(COCc2ccccc2)[C@@H](OCc2ccccc2)C(OCc2ccccc2)C1O[Si](C)(C)C(C)(C)C. The number of hydrogen-bond donors (Lipinski definition) is 0. The van der Waals surface area contributed by atoms with E-state index in [9.17, 15) is 0 Å². The zero-order valence-corrected chi connectivity index (χ0v) is 25.9. The van der Waals surface area contributed by atoms with Crippen molar-refractivity contribution >= 4 is 8.32 Å². The van der Waals surface area contributed by atoms with Gasteiger partial charge in [-0.1, -0.05) is 119 Å². The second-order valence-electron chi connectivity index (χ2n) is 12.2. The van der Waals surface area contributed by atoms with Crippen LogP contribution >= 0.6 is 0 Å². The van der Waals surface area contributed by atoms with Gasteiger partial charge >= 0.3 is 0 Å². The van der Waals surface area contributed by atoms with Crippen LogP contribution in [0.5, 0.6) is 0 Å². The summed E-state index contributed by atoms with van der Waals surface area (Å²) in [5.41, 5.74) is 3.35. The molecule has 5 nitrogen and oxygen atoms in total. The van der Waals surface area contributed by atoms with Gasteiger partial charge in [0.2, 0.25) is 0 Å². The average molecular weight is 579 g/mol. The number of ether oxygens (including phenoxy) is 4. The van der Waals surface area contributed by atoms with Gasteiger partial charge in [-0.3, -0.25) is 0 Å². The average Bonchev–Trinajstić information content (AvgIpc) is 2.94. The second kappa shape index (κ2) is 15.2. The molecule has 1 aliphatic heterocycles. The topological polar surface area (TPSA) is 46.2 Å². The lowest BCUT2D eigenvalue weighted by molar-refractivity contribution is -0.254. The second-order valence-corrected chi connectivity index (χ2v) is 17.0. The Hall–Kier alpha value is -2.32. The molecule has 0 saturated carbocycles. The first-order chi connectivity index (χ1) is 19.1. The molecule has 1 fully saturated rings. The van der Waals surface area contributed by atoms with Crippen LogP contribution in [0.25, 0.3) is 0 Å². The molecule has 6 heteroatoms. The summed E-state index contributed by atoms with van der Waals surface area (Å²) in [6, 6.07) is 30.7. The summed E-state index contributed by atoms with van der Waals surface area (Å²) in [6.45, 7) is 15.3. The van der Waals surface area contributed by atoms with E-state index in [0.717, 1.165) is 16.7 Å². The molecule has 5 atom stereocenters. The van der Waals surface area contributed by atoms with Crippen LogP contribution in [-0.4, -0.2) is 45.4 Å². The molecule has 1 saturated heterocycles. The molecule has 41 heavy (non-hydrogen) atoms. The molecule has 0 N–H and O–H groups in total. The fraction of sp³-hybridized carbons (Fsp3) is 0.486. The van der Waals surface area contributed by atoms with Crippen molar-refractivity contribution < 1.29 is 23.4 Å². The maximum atomic E-state index is 7.03. The van der Waals surface area contributed by atoms with Gasteiger partial charge in [0.15, 0.2) is 8.32 Å². The highest BCUT2D eigenvalue weighted by Crippen LogP contribution is 2.40. The highest BCUT2D eigenvalue weighted by molar-refractivity contribution is 6.74. The van der Waals surface area contributed by atoms with Crippen molar-refractivity contribution in [3.63, 3.8) is 0 Å². The molecular formula is C35H50O5Si. The number of benzene rings is 3. The molecule has 0 aliphatic carbocycles. The summed E-state index contributed by atoms with van der Waals surface area (Å²) >= 11 is 0. The van der Waals surface area contributed by atoms with Gasteiger partial charge in [0.05, 0.1) is 38.6 Å². The lowest BCUT2D eigenvalue weighted by Crippen LogP contribution is -2.63. The predicted molar refractivity (Wildman–Crippen MR) is 169 cm³/mol. The van der Waals surface area contributed by atoms with Crippen LogP contribution in [0, 0.1) is 0 Å². The van der Waals surface area contributed by atoms with E-state index in [1.807, 2.05) is 54.6 Å². The molecule has 1 heterocycles. The van der Waals surface area contributed by atoms with Crippen molar-refractivity contribution in [3.05, 3.63) is 108 Å². The van der Waals surface area contributed by atoms with E-state index in [1.54, 1.807) is 0 Å². The van der Waals surface area contributed by atoms with E-state index in [-0.39, 0.29) is 43.0 Å². The molecule has 0 amide bonds. The van der Waals surface area contributed by atoms with Gasteiger partial charge in [0.1, 0.15) is 18.3 Å². The monoisotopic (exact) mass is 578 g/mol. The zero-order valence-electron chi connectivity index (χ0n) is 24.9. The maximum Gasteiger partial charge on any atom is 0.192 e. The highest BCUT2D eigenvalue weighted by Gasteiger charge is 2.50.